The Morgan fingerprint density at radius 2 is 1.96 bits per heavy atom. The van der Waals surface area contributed by atoms with Crippen LogP contribution in [0.1, 0.15) is 21.6 Å². The molecule has 0 unspecified atom stereocenters. The van der Waals surface area contributed by atoms with E-state index in [0.29, 0.717) is 30.8 Å². The molecule has 0 radical (unpaired) electrons. The summed E-state index contributed by atoms with van der Waals surface area (Å²) in [6, 6.07) is 11.4. The monoisotopic (exact) mass is 334 g/mol. The van der Waals surface area contributed by atoms with Crippen LogP contribution in [0.3, 0.4) is 0 Å². The van der Waals surface area contributed by atoms with Gasteiger partial charge in [-0.2, -0.15) is 0 Å². The molecule has 3 aromatic rings. The van der Waals surface area contributed by atoms with Crippen molar-refractivity contribution in [1.82, 2.24) is 19.0 Å². The first-order valence-electron chi connectivity index (χ1n) is 8.19. The zero-order valence-corrected chi connectivity index (χ0v) is 13.9. The number of rotatable bonds is 2. The fourth-order valence-corrected chi connectivity index (χ4v) is 3.18. The normalized spacial score (nSPS) is 13.6. The number of carbonyl (C=O) groups is 1. The van der Waals surface area contributed by atoms with Crippen molar-refractivity contribution in [3.05, 3.63) is 82.3 Å². The second-order valence-electron chi connectivity index (χ2n) is 6.20. The quantitative estimate of drug-likeness (QED) is 0.718. The second-order valence-corrected chi connectivity index (χ2v) is 6.20. The molecule has 0 spiro atoms. The van der Waals surface area contributed by atoms with Gasteiger partial charge >= 0.3 is 0 Å². The Hall–Kier alpha value is -3.15. The first kappa shape index (κ1) is 15.4. The van der Waals surface area contributed by atoms with Crippen molar-refractivity contribution in [2.45, 2.75) is 13.0 Å². The average Bonchev–Trinajstić information content (AvgIpc) is 3.19. The molecule has 0 saturated carbocycles. The second kappa shape index (κ2) is 6.05. The average molecular weight is 334 g/mol. The molecule has 25 heavy (non-hydrogen) atoms. The van der Waals surface area contributed by atoms with E-state index in [1.165, 1.54) is 10.9 Å². The molecule has 0 aliphatic carbocycles. The first-order valence-corrected chi connectivity index (χ1v) is 8.19. The third-order valence-corrected chi connectivity index (χ3v) is 4.57. The van der Waals surface area contributed by atoms with Gasteiger partial charge in [-0.15, -0.1) is 0 Å². The Balaban J connectivity index is 1.61. The zero-order valence-electron chi connectivity index (χ0n) is 13.9. The summed E-state index contributed by atoms with van der Waals surface area (Å²) in [6.45, 7) is 0.901. The fourth-order valence-electron chi connectivity index (χ4n) is 3.18. The first-order chi connectivity index (χ1) is 12.1. The molecule has 1 aromatic carbocycles. The smallest absolute Gasteiger partial charge is 0.256 e. The maximum absolute atomic E-state index is 12.9. The standard InChI is InChI=1S/C19H18N4O2/c1-21-13-20-17-12-23(10-7-16(17)19(21)25)18(24)14-5-4-6-15(11-14)22-8-2-3-9-22/h2-6,8-9,11,13H,7,10,12H2,1H3. The number of aryl methyl sites for hydroxylation is 1. The van der Waals surface area contributed by atoms with Gasteiger partial charge in [0.2, 0.25) is 0 Å². The van der Waals surface area contributed by atoms with Gasteiger partial charge < -0.3 is 14.0 Å². The summed E-state index contributed by atoms with van der Waals surface area (Å²) in [5.74, 6) is -0.0397. The molecule has 1 amide bonds. The lowest BCUT2D eigenvalue weighted by Gasteiger charge is -2.28. The minimum absolute atomic E-state index is 0.0216. The van der Waals surface area contributed by atoms with Crippen molar-refractivity contribution in [1.29, 1.82) is 0 Å². The number of carbonyl (C=O) groups excluding carboxylic acids is 1. The summed E-state index contributed by atoms with van der Waals surface area (Å²) in [5.41, 5.74) is 2.98. The van der Waals surface area contributed by atoms with Gasteiger partial charge in [0.1, 0.15) is 0 Å². The van der Waals surface area contributed by atoms with Gasteiger partial charge in [-0.25, -0.2) is 4.98 Å². The third-order valence-electron chi connectivity index (χ3n) is 4.57. The summed E-state index contributed by atoms with van der Waals surface area (Å²) < 4.78 is 3.45. The van der Waals surface area contributed by atoms with Gasteiger partial charge in [-0.05, 0) is 36.8 Å². The van der Waals surface area contributed by atoms with E-state index in [2.05, 4.69) is 4.98 Å². The number of hydrogen-bond donors (Lipinski definition) is 0. The highest BCUT2D eigenvalue weighted by atomic mass is 16.2. The highest BCUT2D eigenvalue weighted by molar-refractivity contribution is 5.94. The Morgan fingerprint density at radius 3 is 2.76 bits per heavy atom. The third kappa shape index (κ3) is 2.76. The van der Waals surface area contributed by atoms with E-state index in [4.69, 9.17) is 0 Å². The van der Waals surface area contributed by atoms with Crippen LogP contribution in [0.4, 0.5) is 0 Å². The van der Waals surface area contributed by atoms with E-state index in [0.717, 1.165) is 11.3 Å². The van der Waals surface area contributed by atoms with Gasteiger partial charge in [-0.1, -0.05) is 6.07 Å². The van der Waals surface area contributed by atoms with E-state index in [1.54, 1.807) is 11.9 Å². The van der Waals surface area contributed by atoms with Crippen LogP contribution < -0.4 is 5.56 Å². The number of nitrogens with zero attached hydrogens (tertiary/aromatic N) is 4. The molecule has 3 heterocycles. The molecular weight excluding hydrogens is 316 g/mol. The number of amides is 1. The van der Waals surface area contributed by atoms with Crippen molar-refractivity contribution in [2.24, 2.45) is 7.05 Å². The van der Waals surface area contributed by atoms with E-state index in [1.807, 2.05) is 53.4 Å². The Labute approximate surface area is 145 Å². The van der Waals surface area contributed by atoms with Gasteiger partial charge in [0.25, 0.3) is 11.5 Å². The molecule has 126 valence electrons. The van der Waals surface area contributed by atoms with Crippen molar-refractivity contribution in [3.8, 4) is 5.69 Å². The Morgan fingerprint density at radius 1 is 1.16 bits per heavy atom. The summed E-state index contributed by atoms with van der Waals surface area (Å²) in [4.78, 5) is 31.1. The molecule has 0 bridgehead atoms. The Kier molecular flexibility index (Phi) is 3.72. The Bertz CT molecular complexity index is 989. The molecule has 4 rings (SSSR count). The summed E-state index contributed by atoms with van der Waals surface area (Å²) in [5, 5.41) is 0. The minimum Gasteiger partial charge on any atom is -0.332 e. The zero-order chi connectivity index (χ0) is 17.4. The van der Waals surface area contributed by atoms with E-state index in [9.17, 15) is 9.59 Å². The predicted molar refractivity (Wildman–Crippen MR) is 93.7 cm³/mol. The van der Waals surface area contributed by atoms with Crippen molar-refractivity contribution in [3.63, 3.8) is 0 Å². The lowest BCUT2D eigenvalue weighted by Crippen LogP contribution is -2.40. The largest absolute Gasteiger partial charge is 0.332 e. The van der Waals surface area contributed by atoms with Crippen LogP contribution in [0.15, 0.2) is 59.9 Å². The number of benzene rings is 1. The van der Waals surface area contributed by atoms with Gasteiger partial charge in [0.05, 0.1) is 18.6 Å². The van der Waals surface area contributed by atoms with E-state index < -0.39 is 0 Å². The van der Waals surface area contributed by atoms with Crippen LogP contribution in [0.25, 0.3) is 5.69 Å². The topological polar surface area (TPSA) is 60.1 Å². The predicted octanol–water partition coefficient (Wildman–Crippen LogP) is 1.77. The molecule has 0 saturated heterocycles. The van der Waals surface area contributed by atoms with Crippen molar-refractivity contribution < 1.29 is 4.79 Å². The van der Waals surface area contributed by atoms with Gasteiger partial charge in [-0.3, -0.25) is 9.59 Å². The van der Waals surface area contributed by atoms with Gasteiger partial charge in [0.15, 0.2) is 0 Å². The molecular formula is C19H18N4O2. The summed E-state index contributed by atoms with van der Waals surface area (Å²) in [7, 11) is 1.69. The summed E-state index contributed by atoms with van der Waals surface area (Å²) >= 11 is 0. The lowest BCUT2D eigenvalue weighted by atomic mass is 10.0. The van der Waals surface area contributed by atoms with Gasteiger partial charge in [0, 0.05) is 42.8 Å². The number of hydrogen-bond acceptors (Lipinski definition) is 3. The van der Waals surface area contributed by atoms with Crippen LogP contribution >= 0.6 is 0 Å². The molecule has 2 aromatic heterocycles. The number of aromatic nitrogens is 3. The highest BCUT2D eigenvalue weighted by Crippen LogP contribution is 2.18. The highest BCUT2D eigenvalue weighted by Gasteiger charge is 2.25. The number of fused-ring (bicyclic) bond motifs is 1. The maximum atomic E-state index is 12.9. The molecule has 0 fully saturated rings. The van der Waals surface area contributed by atoms with Crippen LogP contribution in [0.5, 0.6) is 0 Å². The summed E-state index contributed by atoms with van der Waals surface area (Å²) in [6.07, 6.45) is 5.95. The van der Waals surface area contributed by atoms with E-state index in [-0.39, 0.29) is 11.5 Å². The van der Waals surface area contributed by atoms with Crippen molar-refractivity contribution >= 4 is 5.91 Å². The molecule has 6 nitrogen and oxygen atoms in total. The molecule has 1 aliphatic rings. The molecule has 0 N–H and O–H groups in total. The van der Waals surface area contributed by atoms with Crippen LogP contribution in [0, 0.1) is 0 Å². The van der Waals surface area contributed by atoms with Crippen LogP contribution in [0.2, 0.25) is 0 Å². The van der Waals surface area contributed by atoms with E-state index >= 15 is 0 Å². The molecule has 6 heteroatoms. The fraction of sp³-hybridized carbons (Fsp3) is 0.211. The lowest BCUT2D eigenvalue weighted by molar-refractivity contribution is 0.0731. The van der Waals surface area contributed by atoms with Crippen molar-refractivity contribution in [2.75, 3.05) is 6.54 Å². The SMILES string of the molecule is Cn1cnc2c(c1=O)CCN(C(=O)c1cccc(-n3cccc3)c1)C2. The van der Waals surface area contributed by atoms with Crippen LogP contribution in [-0.2, 0) is 20.0 Å². The van der Waals surface area contributed by atoms with Crippen LogP contribution in [-0.4, -0.2) is 31.5 Å². The molecule has 1 aliphatic heterocycles. The maximum Gasteiger partial charge on any atom is 0.256 e. The minimum atomic E-state index is -0.0397. The molecule has 0 atom stereocenters.